The molecule has 4 aromatic rings. The molecule has 0 aliphatic heterocycles. The standard InChI is InChI=1S/C19H22N6O4S/c1-4-6-8-25-15-14(16(26)21-18(25)27)24(5-2)13(20-15)10-30-19-23-22-17(29-19)12-7-9-28-11(12)3/h7,9H,4-6,8,10H2,1-3H3,(H,21,26,27). The Morgan fingerprint density at radius 3 is 2.73 bits per heavy atom. The molecule has 0 aromatic carbocycles. The van der Waals surface area contributed by atoms with Gasteiger partial charge in [0.05, 0.1) is 17.6 Å². The van der Waals surface area contributed by atoms with Crippen molar-refractivity contribution in [1.29, 1.82) is 0 Å². The Kier molecular flexibility index (Phi) is 5.62. The van der Waals surface area contributed by atoms with Gasteiger partial charge in [0, 0.05) is 13.1 Å². The smallest absolute Gasteiger partial charge is 0.330 e. The van der Waals surface area contributed by atoms with Gasteiger partial charge in [0.1, 0.15) is 11.6 Å². The average molecular weight is 430 g/mol. The molecule has 0 spiro atoms. The Bertz CT molecular complexity index is 1290. The molecule has 0 atom stereocenters. The summed E-state index contributed by atoms with van der Waals surface area (Å²) in [5, 5.41) is 8.52. The van der Waals surface area contributed by atoms with Crippen molar-refractivity contribution < 1.29 is 8.83 Å². The fourth-order valence-electron chi connectivity index (χ4n) is 3.30. The van der Waals surface area contributed by atoms with Gasteiger partial charge < -0.3 is 13.4 Å². The summed E-state index contributed by atoms with van der Waals surface area (Å²) >= 11 is 1.32. The Labute approximate surface area is 175 Å². The lowest BCUT2D eigenvalue weighted by molar-refractivity contribution is 0.463. The van der Waals surface area contributed by atoms with Gasteiger partial charge in [-0.2, -0.15) is 0 Å². The molecule has 0 fully saturated rings. The zero-order chi connectivity index (χ0) is 21.3. The van der Waals surface area contributed by atoms with Crippen LogP contribution in [0, 0.1) is 6.92 Å². The van der Waals surface area contributed by atoms with Crippen molar-refractivity contribution >= 4 is 22.9 Å². The van der Waals surface area contributed by atoms with Crippen LogP contribution in [0.4, 0.5) is 0 Å². The zero-order valence-electron chi connectivity index (χ0n) is 17.0. The summed E-state index contributed by atoms with van der Waals surface area (Å²) in [6.07, 6.45) is 3.32. The second-order valence-corrected chi connectivity index (χ2v) is 7.69. The van der Waals surface area contributed by atoms with E-state index in [4.69, 9.17) is 8.83 Å². The molecule has 0 unspecified atom stereocenters. The molecule has 0 bridgehead atoms. The number of imidazole rings is 1. The lowest BCUT2D eigenvalue weighted by atomic mass is 10.3. The minimum Gasteiger partial charge on any atom is -0.469 e. The first-order chi connectivity index (χ1) is 14.5. The van der Waals surface area contributed by atoms with E-state index in [0.717, 1.165) is 18.4 Å². The molecule has 4 rings (SSSR count). The molecule has 0 saturated carbocycles. The highest BCUT2D eigenvalue weighted by Gasteiger charge is 2.19. The number of furan rings is 1. The van der Waals surface area contributed by atoms with Crippen molar-refractivity contribution in [2.45, 2.75) is 57.7 Å². The van der Waals surface area contributed by atoms with Gasteiger partial charge in [-0.25, -0.2) is 9.78 Å². The number of hydrogen-bond acceptors (Lipinski definition) is 8. The van der Waals surface area contributed by atoms with Crippen LogP contribution in [0.5, 0.6) is 0 Å². The quantitative estimate of drug-likeness (QED) is 0.423. The van der Waals surface area contributed by atoms with Gasteiger partial charge >= 0.3 is 5.69 Å². The number of aryl methyl sites for hydroxylation is 3. The summed E-state index contributed by atoms with van der Waals surface area (Å²) in [5.74, 6) is 2.17. The van der Waals surface area contributed by atoms with Crippen LogP contribution in [-0.4, -0.2) is 29.3 Å². The minimum atomic E-state index is -0.432. The Morgan fingerprint density at radius 2 is 2.03 bits per heavy atom. The number of fused-ring (bicyclic) bond motifs is 1. The Hall–Kier alpha value is -3.08. The fraction of sp³-hybridized carbons (Fsp3) is 0.421. The van der Waals surface area contributed by atoms with Gasteiger partial charge in [0.25, 0.3) is 16.7 Å². The van der Waals surface area contributed by atoms with Crippen molar-refractivity contribution in [3.05, 3.63) is 44.8 Å². The molecule has 4 aromatic heterocycles. The van der Waals surface area contributed by atoms with E-state index >= 15 is 0 Å². The van der Waals surface area contributed by atoms with Crippen LogP contribution in [0.25, 0.3) is 22.6 Å². The normalized spacial score (nSPS) is 11.6. The highest BCUT2D eigenvalue weighted by molar-refractivity contribution is 7.98. The number of rotatable bonds is 8. The Balaban J connectivity index is 1.65. The number of hydrogen-bond donors (Lipinski definition) is 1. The molecule has 10 nitrogen and oxygen atoms in total. The van der Waals surface area contributed by atoms with Gasteiger partial charge in [0.2, 0.25) is 0 Å². The molecule has 1 N–H and O–H groups in total. The molecule has 0 radical (unpaired) electrons. The van der Waals surface area contributed by atoms with Crippen molar-refractivity contribution in [2.24, 2.45) is 0 Å². The monoisotopic (exact) mass is 430 g/mol. The highest BCUT2D eigenvalue weighted by Crippen LogP contribution is 2.28. The first-order valence-electron chi connectivity index (χ1n) is 9.76. The van der Waals surface area contributed by atoms with Crippen LogP contribution in [-0.2, 0) is 18.8 Å². The van der Waals surface area contributed by atoms with Crippen LogP contribution in [0.1, 0.15) is 38.3 Å². The van der Waals surface area contributed by atoms with Crippen LogP contribution in [0.3, 0.4) is 0 Å². The molecule has 0 aliphatic rings. The predicted molar refractivity (Wildman–Crippen MR) is 111 cm³/mol. The largest absolute Gasteiger partial charge is 0.469 e. The summed E-state index contributed by atoms with van der Waals surface area (Å²) in [7, 11) is 0. The summed E-state index contributed by atoms with van der Waals surface area (Å²) in [4.78, 5) is 31.8. The van der Waals surface area contributed by atoms with Crippen molar-refractivity contribution in [3.63, 3.8) is 0 Å². The van der Waals surface area contributed by atoms with Gasteiger partial charge in [-0.15, -0.1) is 10.2 Å². The lowest BCUT2D eigenvalue weighted by Crippen LogP contribution is -2.31. The molecule has 11 heteroatoms. The van der Waals surface area contributed by atoms with E-state index in [1.54, 1.807) is 12.3 Å². The van der Waals surface area contributed by atoms with Gasteiger partial charge in [0.15, 0.2) is 11.2 Å². The summed E-state index contributed by atoms with van der Waals surface area (Å²) in [6.45, 7) is 6.86. The summed E-state index contributed by atoms with van der Waals surface area (Å²) < 4.78 is 14.3. The summed E-state index contributed by atoms with van der Waals surface area (Å²) in [6, 6.07) is 1.77. The number of aromatic amines is 1. The van der Waals surface area contributed by atoms with Crippen LogP contribution >= 0.6 is 11.8 Å². The van der Waals surface area contributed by atoms with Crippen molar-refractivity contribution in [2.75, 3.05) is 0 Å². The second-order valence-electron chi connectivity index (χ2n) is 6.76. The maximum Gasteiger partial charge on any atom is 0.330 e. The lowest BCUT2D eigenvalue weighted by Gasteiger charge is -2.06. The number of H-pyrrole nitrogens is 1. The molecule has 0 saturated heterocycles. The SMILES string of the molecule is CCCCn1c(=O)[nH]c(=O)c2c1nc(CSc1nnc(-c3ccoc3C)o1)n2CC. The second kappa shape index (κ2) is 8.34. The first-order valence-corrected chi connectivity index (χ1v) is 10.7. The fourth-order valence-corrected chi connectivity index (χ4v) is 4.01. The topological polar surface area (TPSA) is 125 Å². The molecular weight excluding hydrogens is 408 g/mol. The number of thioether (sulfide) groups is 1. The van der Waals surface area contributed by atoms with Gasteiger partial charge in [-0.3, -0.25) is 14.3 Å². The average Bonchev–Trinajstić information content (AvgIpc) is 3.44. The maximum absolute atomic E-state index is 12.5. The first kappa shape index (κ1) is 20.2. The zero-order valence-corrected chi connectivity index (χ0v) is 17.8. The van der Waals surface area contributed by atoms with Gasteiger partial charge in [-0.05, 0) is 26.3 Å². The van der Waals surface area contributed by atoms with E-state index in [-0.39, 0.29) is 0 Å². The maximum atomic E-state index is 12.5. The molecular formula is C19H22N6O4S. The molecule has 158 valence electrons. The minimum absolute atomic E-state index is 0.387. The highest BCUT2D eigenvalue weighted by atomic mass is 32.2. The van der Waals surface area contributed by atoms with Gasteiger partial charge in [-0.1, -0.05) is 25.1 Å². The van der Waals surface area contributed by atoms with E-state index in [2.05, 4.69) is 20.2 Å². The predicted octanol–water partition coefficient (Wildman–Crippen LogP) is 2.95. The van der Waals surface area contributed by atoms with E-state index in [1.165, 1.54) is 16.3 Å². The van der Waals surface area contributed by atoms with Crippen LogP contribution in [0.15, 0.2) is 36.0 Å². The number of nitrogens with one attached hydrogen (secondary N) is 1. The van der Waals surface area contributed by atoms with Crippen molar-refractivity contribution in [1.82, 2.24) is 29.3 Å². The van der Waals surface area contributed by atoms with Crippen LogP contribution in [0.2, 0.25) is 0 Å². The number of nitrogens with zero attached hydrogens (tertiary/aromatic N) is 5. The third-order valence-corrected chi connectivity index (χ3v) is 5.65. The molecule has 30 heavy (non-hydrogen) atoms. The van der Waals surface area contributed by atoms with Crippen LogP contribution < -0.4 is 11.2 Å². The Morgan fingerprint density at radius 1 is 1.20 bits per heavy atom. The van der Waals surface area contributed by atoms with Crippen molar-refractivity contribution in [3.8, 4) is 11.5 Å². The third kappa shape index (κ3) is 3.60. The van der Waals surface area contributed by atoms with E-state index < -0.39 is 11.2 Å². The number of aromatic nitrogens is 6. The third-order valence-electron chi connectivity index (χ3n) is 4.84. The molecule has 0 aliphatic carbocycles. The number of unbranched alkanes of at least 4 members (excludes halogenated alkanes) is 1. The van der Waals surface area contributed by atoms with E-state index in [0.29, 0.717) is 52.7 Å². The van der Waals surface area contributed by atoms with E-state index in [9.17, 15) is 9.59 Å². The molecule has 0 amide bonds. The molecule has 4 heterocycles. The van der Waals surface area contributed by atoms with E-state index in [1.807, 2.05) is 25.3 Å². The summed E-state index contributed by atoms with van der Waals surface area (Å²) in [5.41, 5.74) is 0.711.